The van der Waals surface area contributed by atoms with Gasteiger partial charge in [-0.15, -0.1) is 0 Å². The van der Waals surface area contributed by atoms with Crippen LogP contribution in [0.5, 0.6) is 0 Å². The largest absolute Gasteiger partial charge is 0.366 e. The van der Waals surface area contributed by atoms with Gasteiger partial charge in [0.25, 0.3) is 5.91 Å². The van der Waals surface area contributed by atoms with Crippen molar-refractivity contribution in [3.05, 3.63) is 95.1 Å². The molecule has 5 rings (SSSR count). The number of benzene rings is 3. The molecule has 2 heterocycles. The fraction of sp³-hybridized carbons (Fsp3) is 0.222. The van der Waals surface area contributed by atoms with E-state index in [0.29, 0.717) is 36.3 Å². The number of nitrogens with zero attached hydrogens (tertiary/aromatic N) is 1. The van der Waals surface area contributed by atoms with Crippen LogP contribution in [-0.2, 0) is 21.7 Å². The van der Waals surface area contributed by atoms with Gasteiger partial charge in [-0.05, 0) is 65.9 Å². The fourth-order valence-electron chi connectivity index (χ4n) is 4.89. The lowest BCUT2D eigenvalue weighted by Crippen LogP contribution is -2.49. The summed E-state index contributed by atoms with van der Waals surface area (Å²) in [7, 11) is 0. The van der Waals surface area contributed by atoms with Gasteiger partial charge >= 0.3 is 0 Å². The molecule has 34 heavy (non-hydrogen) atoms. The number of hydrogen-bond acceptors (Lipinski definition) is 4. The number of primary amides is 1. The van der Waals surface area contributed by atoms with Crippen LogP contribution in [-0.4, -0.2) is 24.3 Å². The lowest BCUT2D eigenvalue weighted by molar-refractivity contribution is -0.121. The summed E-state index contributed by atoms with van der Waals surface area (Å²) in [6.45, 7) is 1.23. The van der Waals surface area contributed by atoms with Crippen LogP contribution in [0.1, 0.15) is 46.3 Å². The number of carbonyl (C=O) groups is 3. The molecule has 1 fully saturated rings. The van der Waals surface area contributed by atoms with Crippen molar-refractivity contribution in [3.8, 4) is 0 Å². The summed E-state index contributed by atoms with van der Waals surface area (Å²) in [6.07, 6.45) is 2.48. The number of anilines is 2. The van der Waals surface area contributed by atoms with Gasteiger partial charge in [-0.2, -0.15) is 0 Å². The second-order valence-electron chi connectivity index (χ2n) is 8.71. The minimum Gasteiger partial charge on any atom is -0.366 e. The quantitative estimate of drug-likeness (QED) is 0.550. The molecule has 0 saturated carbocycles. The Morgan fingerprint density at radius 3 is 2.53 bits per heavy atom. The predicted molar refractivity (Wildman–Crippen MR) is 130 cm³/mol. The first-order valence-electron chi connectivity index (χ1n) is 11.4. The topological polar surface area (TPSA) is 105 Å². The molecule has 2 aliphatic rings. The second-order valence-corrected chi connectivity index (χ2v) is 8.71. The SMILES string of the molecule is NC(=O)c1cccc(C2(C(=O)Nc3ccc(N4CCCCC4=O)cc3)NCc3ccccc32)c1. The van der Waals surface area contributed by atoms with E-state index in [1.54, 1.807) is 23.1 Å². The molecule has 0 spiro atoms. The number of nitrogens with one attached hydrogen (secondary N) is 2. The van der Waals surface area contributed by atoms with Crippen LogP contribution >= 0.6 is 0 Å². The second kappa shape index (κ2) is 8.76. The smallest absolute Gasteiger partial charge is 0.253 e. The maximum absolute atomic E-state index is 13.9. The number of rotatable bonds is 5. The van der Waals surface area contributed by atoms with E-state index in [9.17, 15) is 14.4 Å². The maximum Gasteiger partial charge on any atom is 0.253 e. The maximum atomic E-state index is 13.9. The molecule has 1 atom stereocenters. The van der Waals surface area contributed by atoms with Gasteiger partial charge in [0.15, 0.2) is 0 Å². The molecular weight excluding hydrogens is 428 g/mol. The molecule has 0 aromatic heterocycles. The minimum absolute atomic E-state index is 0.128. The number of hydrogen-bond donors (Lipinski definition) is 3. The Balaban J connectivity index is 1.49. The van der Waals surface area contributed by atoms with Crippen molar-refractivity contribution in [2.45, 2.75) is 31.3 Å². The Kier molecular flexibility index (Phi) is 5.63. The van der Waals surface area contributed by atoms with Gasteiger partial charge in [0.05, 0.1) is 0 Å². The molecule has 4 N–H and O–H groups in total. The number of nitrogens with two attached hydrogens (primary N) is 1. The van der Waals surface area contributed by atoms with Crippen LogP contribution in [0, 0.1) is 0 Å². The van der Waals surface area contributed by atoms with Crippen molar-refractivity contribution in [1.29, 1.82) is 0 Å². The number of amides is 3. The highest BCUT2D eigenvalue weighted by Gasteiger charge is 2.46. The van der Waals surface area contributed by atoms with Gasteiger partial charge in [-0.1, -0.05) is 36.4 Å². The molecule has 0 bridgehead atoms. The molecule has 0 aliphatic carbocycles. The van der Waals surface area contributed by atoms with Crippen molar-refractivity contribution in [2.24, 2.45) is 5.73 Å². The third-order valence-electron chi connectivity index (χ3n) is 6.65. The molecule has 3 amide bonds. The predicted octanol–water partition coefficient (Wildman–Crippen LogP) is 3.29. The molecule has 3 aromatic rings. The Bertz CT molecular complexity index is 1270. The van der Waals surface area contributed by atoms with E-state index >= 15 is 0 Å². The Hall–Kier alpha value is -3.97. The molecule has 1 saturated heterocycles. The van der Waals surface area contributed by atoms with Crippen molar-refractivity contribution in [1.82, 2.24) is 5.32 Å². The van der Waals surface area contributed by atoms with Gasteiger partial charge in [0.1, 0.15) is 5.54 Å². The van der Waals surface area contributed by atoms with E-state index in [2.05, 4.69) is 10.6 Å². The Morgan fingerprint density at radius 1 is 0.971 bits per heavy atom. The van der Waals surface area contributed by atoms with Crippen LogP contribution in [0.2, 0.25) is 0 Å². The van der Waals surface area contributed by atoms with E-state index in [4.69, 9.17) is 5.73 Å². The molecule has 2 aliphatic heterocycles. The van der Waals surface area contributed by atoms with E-state index < -0.39 is 11.4 Å². The third-order valence-corrected chi connectivity index (χ3v) is 6.65. The van der Waals surface area contributed by atoms with Gasteiger partial charge < -0.3 is 16.0 Å². The third kappa shape index (κ3) is 3.74. The van der Waals surface area contributed by atoms with Crippen molar-refractivity contribution >= 4 is 29.1 Å². The zero-order valence-electron chi connectivity index (χ0n) is 18.7. The summed E-state index contributed by atoms with van der Waals surface area (Å²) < 4.78 is 0. The standard InChI is InChI=1S/C27H26N4O3/c28-25(33)18-7-5-8-20(16-18)27(23-9-2-1-6-19(23)17-29-27)26(34)30-21-11-13-22(14-12-21)31-15-4-3-10-24(31)32/h1-2,5-9,11-14,16,29H,3-4,10,15,17H2,(H2,28,33)(H,30,34). The van der Waals surface area contributed by atoms with Gasteiger partial charge in [0, 0.05) is 36.4 Å². The molecule has 0 radical (unpaired) electrons. The number of carbonyl (C=O) groups excluding carboxylic acids is 3. The Labute approximate surface area is 198 Å². The molecule has 7 nitrogen and oxygen atoms in total. The fourth-order valence-corrected chi connectivity index (χ4v) is 4.89. The summed E-state index contributed by atoms with van der Waals surface area (Å²) >= 11 is 0. The average Bonchev–Trinajstić information content (AvgIpc) is 3.26. The zero-order valence-corrected chi connectivity index (χ0v) is 18.7. The van der Waals surface area contributed by atoms with Gasteiger partial charge in [-0.3, -0.25) is 19.7 Å². The summed E-state index contributed by atoms with van der Waals surface area (Å²) in [4.78, 5) is 39.7. The Morgan fingerprint density at radius 2 is 1.76 bits per heavy atom. The van der Waals surface area contributed by atoms with Crippen LogP contribution < -0.4 is 21.3 Å². The van der Waals surface area contributed by atoms with Crippen LogP contribution in [0.25, 0.3) is 0 Å². The number of fused-ring (bicyclic) bond motifs is 1. The van der Waals surface area contributed by atoms with Gasteiger partial charge in [0.2, 0.25) is 11.8 Å². The average molecular weight is 455 g/mol. The van der Waals surface area contributed by atoms with Crippen molar-refractivity contribution in [3.63, 3.8) is 0 Å². The van der Waals surface area contributed by atoms with Crippen LogP contribution in [0.3, 0.4) is 0 Å². The molecule has 3 aromatic carbocycles. The molecule has 7 heteroatoms. The van der Waals surface area contributed by atoms with E-state index in [1.165, 1.54) is 0 Å². The first-order chi connectivity index (χ1) is 16.5. The number of piperidine rings is 1. The molecule has 172 valence electrons. The first-order valence-corrected chi connectivity index (χ1v) is 11.4. The summed E-state index contributed by atoms with van der Waals surface area (Å²) in [5, 5.41) is 6.42. The van der Waals surface area contributed by atoms with E-state index in [0.717, 1.165) is 29.7 Å². The van der Waals surface area contributed by atoms with Crippen LogP contribution in [0.4, 0.5) is 11.4 Å². The highest BCUT2D eigenvalue weighted by molar-refractivity contribution is 6.03. The van der Waals surface area contributed by atoms with E-state index in [-0.39, 0.29) is 11.8 Å². The monoisotopic (exact) mass is 454 g/mol. The highest BCUT2D eigenvalue weighted by Crippen LogP contribution is 2.38. The summed E-state index contributed by atoms with van der Waals surface area (Å²) in [6, 6.07) is 21.9. The molecular formula is C27H26N4O3. The lowest BCUT2D eigenvalue weighted by atomic mass is 9.82. The van der Waals surface area contributed by atoms with Gasteiger partial charge in [-0.25, -0.2) is 0 Å². The molecule has 1 unspecified atom stereocenters. The van der Waals surface area contributed by atoms with Crippen molar-refractivity contribution in [2.75, 3.05) is 16.8 Å². The first kappa shape index (κ1) is 21.9. The van der Waals surface area contributed by atoms with Crippen LogP contribution in [0.15, 0.2) is 72.8 Å². The van der Waals surface area contributed by atoms with Crippen molar-refractivity contribution < 1.29 is 14.4 Å². The lowest BCUT2D eigenvalue weighted by Gasteiger charge is -2.31. The van der Waals surface area contributed by atoms with E-state index in [1.807, 2.05) is 54.6 Å². The summed E-state index contributed by atoms with van der Waals surface area (Å²) in [5.74, 6) is -0.685. The normalized spacial score (nSPS) is 19.5. The summed E-state index contributed by atoms with van der Waals surface area (Å²) in [5.41, 5.74) is 8.62. The zero-order chi connectivity index (χ0) is 23.7. The minimum atomic E-state index is -1.18. The highest BCUT2D eigenvalue weighted by atomic mass is 16.2.